The van der Waals surface area contributed by atoms with Crippen LogP contribution in [0, 0.1) is 0 Å². The van der Waals surface area contributed by atoms with Gasteiger partial charge < -0.3 is 29.9 Å². The Morgan fingerprint density at radius 1 is 1.46 bits per heavy atom. The summed E-state index contributed by atoms with van der Waals surface area (Å²) in [7, 11) is -4.77. The summed E-state index contributed by atoms with van der Waals surface area (Å²) >= 11 is 0. The molecule has 0 radical (unpaired) electrons. The van der Waals surface area contributed by atoms with Crippen molar-refractivity contribution in [3.05, 3.63) is 0 Å². The zero-order valence-corrected chi connectivity index (χ0v) is 7.13. The molecule has 0 fully saturated rings. The van der Waals surface area contributed by atoms with Crippen LogP contribution in [0.3, 0.4) is 0 Å². The Kier molecular flexibility index (Phi) is 4.48. The highest BCUT2D eigenvalue weighted by atomic mass is 31.2. The summed E-state index contributed by atoms with van der Waals surface area (Å²) in [4.78, 5) is 26.1. The lowest BCUT2D eigenvalue weighted by molar-refractivity contribution is -0.318. The molecule has 0 aromatic carbocycles. The number of carbonyl (C=O) groups is 1. The Hall–Kier alpha value is -0.500. The van der Waals surface area contributed by atoms with E-state index in [1.54, 1.807) is 0 Å². The van der Waals surface area contributed by atoms with E-state index in [9.17, 15) is 14.5 Å². The van der Waals surface area contributed by atoms with Crippen molar-refractivity contribution in [2.75, 3.05) is 6.61 Å². The number of rotatable bonds is 5. The molecule has 0 heterocycles. The Balaban J connectivity index is 3.95. The number of carbonyl (C=O) groups excluding carboxylic acids is 1. The standard InChI is InChI=1S/C4H9O8P/c5-2(3(6)4(7)8)1-12-13(9,10)11/h2-3,5-6H,1H2,(H,7,8)(H2,9,10,11)/p-1/t2-,3-/m1/s1. The van der Waals surface area contributed by atoms with Gasteiger partial charge >= 0.3 is 7.82 Å². The van der Waals surface area contributed by atoms with Crippen molar-refractivity contribution < 1.29 is 39.0 Å². The molecule has 4 N–H and O–H groups in total. The van der Waals surface area contributed by atoms with Gasteiger partial charge in [-0.1, -0.05) is 0 Å². The molecule has 0 aromatic rings. The van der Waals surface area contributed by atoms with Crippen molar-refractivity contribution in [1.29, 1.82) is 0 Å². The van der Waals surface area contributed by atoms with Crippen LogP contribution in [-0.4, -0.2) is 44.8 Å². The van der Waals surface area contributed by atoms with Crippen LogP contribution in [0.1, 0.15) is 0 Å². The largest absolute Gasteiger partial charge is 0.547 e. The Labute approximate surface area is 72.6 Å². The molecular weight excluding hydrogens is 207 g/mol. The van der Waals surface area contributed by atoms with Gasteiger partial charge in [0.15, 0.2) is 0 Å². The first-order valence-corrected chi connectivity index (χ1v) is 4.54. The summed E-state index contributed by atoms with van der Waals surface area (Å²) in [6.07, 6.45) is -4.19. The van der Waals surface area contributed by atoms with E-state index in [0.29, 0.717) is 0 Å². The molecule has 0 bridgehead atoms. The van der Waals surface area contributed by atoms with Gasteiger partial charge in [0.05, 0.1) is 12.6 Å². The molecule has 0 aliphatic heterocycles. The van der Waals surface area contributed by atoms with Gasteiger partial charge in [-0.3, -0.25) is 4.52 Å². The number of carboxylic acids is 1. The molecule has 13 heavy (non-hydrogen) atoms. The summed E-state index contributed by atoms with van der Waals surface area (Å²) in [5.74, 6) is -1.96. The molecule has 0 aliphatic rings. The second-order valence-electron chi connectivity index (χ2n) is 2.12. The zero-order chi connectivity index (χ0) is 10.6. The number of hydrogen-bond donors (Lipinski definition) is 4. The summed E-state index contributed by atoms with van der Waals surface area (Å²) < 4.78 is 13.8. The molecule has 78 valence electrons. The van der Waals surface area contributed by atoms with E-state index < -0.39 is 32.6 Å². The van der Waals surface area contributed by atoms with Crippen LogP contribution in [0.5, 0.6) is 0 Å². The number of phosphoric ester groups is 1. The number of carboxylic acid groups (broad SMARTS) is 1. The Morgan fingerprint density at radius 2 is 1.92 bits per heavy atom. The fraction of sp³-hybridized carbons (Fsp3) is 0.750. The first-order chi connectivity index (χ1) is 5.74. The smallest absolute Gasteiger partial charge is 0.469 e. The summed E-state index contributed by atoms with van der Waals surface area (Å²) in [5, 5.41) is 27.2. The van der Waals surface area contributed by atoms with Crippen molar-refractivity contribution >= 4 is 13.8 Å². The fourth-order valence-electron chi connectivity index (χ4n) is 0.422. The zero-order valence-electron chi connectivity index (χ0n) is 6.23. The quantitative estimate of drug-likeness (QED) is 0.346. The third kappa shape index (κ3) is 5.69. The van der Waals surface area contributed by atoms with Gasteiger partial charge in [0.25, 0.3) is 0 Å². The SMILES string of the molecule is O=C([O-])[C@H](O)[C@H](O)COP(=O)(O)O. The number of aliphatic hydroxyl groups excluding tert-OH is 2. The van der Waals surface area contributed by atoms with Gasteiger partial charge in [-0.2, -0.15) is 0 Å². The van der Waals surface area contributed by atoms with Crippen LogP contribution >= 0.6 is 7.82 Å². The van der Waals surface area contributed by atoms with Crippen LogP contribution < -0.4 is 5.11 Å². The maximum absolute atomic E-state index is 10.0. The van der Waals surface area contributed by atoms with E-state index >= 15 is 0 Å². The lowest BCUT2D eigenvalue weighted by Gasteiger charge is -2.18. The van der Waals surface area contributed by atoms with Crippen molar-refractivity contribution in [2.45, 2.75) is 12.2 Å². The van der Waals surface area contributed by atoms with E-state index in [4.69, 9.17) is 20.0 Å². The lowest BCUT2D eigenvalue weighted by Crippen LogP contribution is -2.45. The molecule has 0 spiro atoms. The maximum Gasteiger partial charge on any atom is 0.469 e. The minimum Gasteiger partial charge on any atom is -0.547 e. The first-order valence-electron chi connectivity index (χ1n) is 3.01. The minimum absolute atomic E-state index is 1.00. The summed E-state index contributed by atoms with van der Waals surface area (Å²) in [6, 6.07) is 0. The van der Waals surface area contributed by atoms with Gasteiger partial charge in [-0.25, -0.2) is 4.57 Å². The molecule has 0 unspecified atom stereocenters. The number of phosphoric acid groups is 1. The van der Waals surface area contributed by atoms with E-state index in [1.165, 1.54) is 0 Å². The molecule has 9 heteroatoms. The van der Waals surface area contributed by atoms with Crippen molar-refractivity contribution in [3.63, 3.8) is 0 Å². The second kappa shape index (κ2) is 4.66. The molecule has 0 saturated carbocycles. The van der Waals surface area contributed by atoms with E-state index in [0.717, 1.165) is 0 Å². The normalized spacial score (nSPS) is 16.6. The van der Waals surface area contributed by atoms with Crippen LogP contribution in [0.4, 0.5) is 0 Å². The lowest BCUT2D eigenvalue weighted by atomic mass is 10.2. The second-order valence-corrected chi connectivity index (χ2v) is 3.36. The van der Waals surface area contributed by atoms with Gasteiger partial charge in [0.2, 0.25) is 0 Å². The third-order valence-corrected chi connectivity index (χ3v) is 1.50. The van der Waals surface area contributed by atoms with Gasteiger partial charge in [0.1, 0.15) is 12.2 Å². The molecule has 8 nitrogen and oxygen atoms in total. The summed E-state index contributed by atoms with van der Waals surface area (Å²) in [5.41, 5.74) is 0. The number of aliphatic carboxylic acids is 1. The first kappa shape index (κ1) is 12.5. The van der Waals surface area contributed by atoms with Gasteiger partial charge in [-0.05, 0) is 0 Å². The van der Waals surface area contributed by atoms with E-state index in [-0.39, 0.29) is 0 Å². The van der Waals surface area contributed by atoms with Crippen molar-refractivity contribution in [2.24, 2.45) is 0 Å². The highest BCUT2D eigenvalue weighted by Gasteiger charge is 2.22. The highest BCUT2D eigenvalue weighted by molar-refractivity contribution is 7.46. The Morgan fingerprint density at radius 3 is 2.23 bits per heavy atom. The van der Waals surface area contributed by atoms with Crippen molar-refractivity contribution in [1.82, 2.24) is 0 Å². The van der Waals surface area contributed by atoms with E-state index in [2.05, 4.69) is 4.52 Å². The number of hydrogen-bond acceptors (Lipinski definition) is 6. The van der Waals surface area contributed by atoms with E-state index in [1.807, 2.05) is 0 Å². The van der Waals surface area contributed by atoms with Crippen molar-refractivity contribution in [3.8, 4) is 0 Å². The van der Waals surface area contributed by atoms with Gasteiger partial charge in [-0.15, -0.1) is 0 Å². The average molecular weight is 215 g/mol. The molecule has 0 rings (SSSR count). The minimum atomic E-state index is -4.77. The average Bonchev–Trinajstić information content (AvgIpc) is 1.97. The molecule has 2 atom stereocenters. The highest BCUT2D eigenvalue weighted by Crippen LogP contribution is 2.35. The molecule has 0 aromatic heterocycles. The molecule has 0 saturated heterocycles. The van der Waals surface area contributed by atoms with Crippen LogP contribution in [0.2, 0.25) is 0 Å². The Bertz CT molecular complexity index is 220. The van der Waals surface area contributed by atoms with Crippen LogP contribution in [0.25, 0.3) is 0 Å². The van der Waals surface area contributed by atoms with Gasteiger partial charge in [0, 0.05) is 0 Å². The topological polar surface area (TPSA) is 147 Å². The monoisotopic (exact) mass is 215 g/mol. The van der Waals surface area contributed by atoms with Crippen LogP contribution in [-0.2, 0) is 13.9 Å². The predicted octanol–water partition coefficient (Wildman–Crippen LogP) is -3.43. The molecule has 0 aliphatic carbocycles. The fourth-order valence-corrected chi connectivity index (χ4v) is 0.769. The molecular formula is C4H8O8P-. The maximum atomic E-state index is 10.0. The number of aliphatic hydroxyl groups is 2. The van der Waals surface area contributed by atoms with Crippen LogP contribution in [0.15, 0.2) is 0 Å². The predicted molar refractivity (Wildman–Crippen MR) is 35.0 cm³/mol. The molecule has 0 amide bonds. The summed E-state index contributed by atoms with van der Waals surface area (Å²) in [6.45, 7) is -1.00. The third-order valence-electron chi connectivity index (χ3n) is 1.02.